The van der Waals surface area contributed by atoms with E-state index in [4.69, 9.17) is 5.11 Å². The molecule has 0 bridgehead atoms. The number of anilines is 1. The zero-order valence-corrected chi connectivity index (χ0v) is 14.0. The molecular formula is C16H18N4O3S. The minimum Gasteiger partial charge on any atom is -0.481 e. The summed E-state index contributed by atoms with van der Waals surface area (Å²) in [5.74, 6) is -0.753. The fourth-order valence-corrected chi connectivity index (χ4v) is 3.17. The molecule has 7 nitrogen and oxygen atoms in total. The van der Waals surface area contributed by atoms with Gasteiger partial charge in [-0.25, -0.2) is 9.48 Å². The number of amides is 2. The molecule has 8 heteroatoms. The van der Waals surface area contributed by atoms with Crippen LogP contribution in [0.1, 0.15) is 6.42 Å². The molecule has 1 aromatic heterocycles. The average Bonchev–Trinajstić information content (AvgIpc) is 3.22. The molecule has 1 aliphatic heterocycles. The fourth-order valence-electron chi connectivity index (χ4n) is 2.69. The molecule has 0 aliphatic carbocycles. The first-order valence-corrected chi connectivity index (χ1v) is 8.78. The predicted molar refractivity (Wildman–Crippen MR) is 91.7 cm³/mol. The molecule has 2 heterocycles. The summed E-state index contributed by atoms with van der Waals surface area (Å²) in [4.78, 5) is 25.9. The largest absolute Gasteiger partial charge is 0.481 e. The Kier molecular flexibility index (Phi) is 4.75. The van der Waals surface area contributed by atoms with Crippen molar-refractivity contribution in [2.24, 2.45) is 5.92 Å². The fraction of sp³-hybridized carbons (Fsp3) is 0.312. The average molecular weight is 346 g/mol. The zero-order chi connectivity index (χ0) is 17.1. The van der Waals surface area contributed by atoms with Crippen molar-refractivity contribution in [3.63, 3.8) is 0 Å². The zero-order valence-electron chi connectivity index (χ0n) is 13.2. The summed E-state index contributed by atoms with van der Waals surface area (Å²) in [6.45, 7) is 0.673. The molecule has 2 aromatic rings. The second-order valence-electron chi connectivity index (χ2n) is 5.51. The number of hydrogen-bond acceptors (Lipinski definition) is 4. The number of aliphatic carboxylic acids is 1. The van der Waals surface area contributed by atoms with Crippen molar-refractivity contribution < 1.29 is 14.7 Å². The predicted octanol–water partition coefficient (Wildman–Crippen LogP) is 2.53. The smallest absolute Gasteiger partial charge is 0.323 e. The van der Waals surface area contributed by atoms with Gasteiger partial charge in [-0.1, -0.05) is 18.2 Å². The van der Waals surface area contributed by atoms with Crippen LogP contribution in [0.3, 0.4) is 0 Å². The highest BCUT2D eigenvalue weighted by Crippen LogP contribution is 2.28. The van der Waals surface area contributed by atoms with Gasteiger partial charge in [0.15, 0.2) is 5.82 Å². The van der Waals surface area contributed by atoms with E-state index < -0.39 is 11.9 Å². The molecule has 1 atom stereocenters. The number of carboxylic acid groups (broad SMARTS) is 1. The number of nitrogens with zero attached hydrogens (tertiary/aromatic N) is 3. The number of aromatic nitrogens is 2. The van der Waals surface area contributed by atoms with Gasteiger partial charge in [0.1, 0.15) is 0 Å². The van der Waals surface area contributed by atoms with Gasteiger partial charge in [-0.3, -0.25) is 10.1 Å². The van der Waals surface area contributed by atoms with Crippen molar-refractivity contribution in [2.45, 2.75) is 11.3 Å². The second kappa shape index (κ2) is 6.96. The summed E-state index contributed by atoms with van der Waals surface area (Å²) in [6.07, 6.45) is 4.10. The van der Waals surface area contributed by atoms with Gasteiger partial charge in [0.25, 0.3) is 0 Å². The lowest BCUT2D eigenvalue weighted by Gasteiger charge is -2.18. The van der Waals surface area contributed by atoms with E-state index in [-0.39, 0.29) is 12.6 Å². The standard InChI is InChI=1S/C16H18N4O3S/c1-24-13-9-17-20(12-5-3-2-4-6-12)14(13)18-16(23)19-8-7-11(10-19)15(21)22/h2-6,9,11H,7-8,10H2,1H3,(H,18,23)(H,21,22). The topological polar surface area (TPSA) is 87.5 Å². The molecule has 1 aromatic carbocycles. The van der Waals surface area contributed by atoms with E-state index in [9.17, 15) is 9.59 Å². The Morgan fingerprint density at radius 1 is 1.33 bits per heavy atom. The summed E-state index contributed by atoms with van der Waals surface area (Å²) in [5, 5.41) is 16.3. The summed E-state index contributed by atoms with van der Waals surface area (Å²) in [6, 6.07) is 9.23. The molecule has 0 spiro atoms. The molecule has 24 heavy (non-hydrogen) atoms. The molecule has 2 N–H and O–H groups in total. The molecule has 1 fully saturated rings. The summed E-state index contributed by atoms with van der Waals surface area (Å²) in [7, 11) is 0. The van der Waals surface area contributed by atoms with Crippen LogP contribution in [0.4, 0.5) is 10.6 Å². The number of rotatable bonds is 4. The van der Waals surface area contributed by atoms with Crippen molar-refractivity contribution in [1.29, 1.82) is 0 Å². The number of carbonyl (C=O) groups is 2. The third-order valence-corrected chi connectivity index (χ3v) is 4.74. The monoisotopic (exact) mass is 346 g/mol. The SMILES string of the molecule is CSc1cnn(-c2ccccc2)c1NC(=O)N1CCC(C(=O)O)C1. The Labute approximate surface area is 143 Å². The molecule has 1 aliphatic rings. The van der Waals surface area contributed by atoms with Gasteiger partial charge in [0.2, 0.25) is 0 Å². The minimum absolute atomic E-state index is 0.231. The van der Waals surface area contributed by atoms with Crippen LogP contribution < -0.4 is 5.32 Å². The highest BCUT2D eigenvalue weighted by atomic mass is 32.2. The molecular weight excluding hydrogens is 328 g/mol. The van der Waals surface area contributed by atoms with Crippen molar-refractivity contribution >= 4 is 29.6 Å². The molecule has 2 amide bonds. The van der Waals surface area contributed by atoms with E-state index in [0.29, 0.717) is 18.8 Å². The van der Waals surface area contributed by atoms with Crippen molar-refractivity contribution in [2.75, 3.05) is 24.7 Å². The molecule has 0 radical (unpaired) electrons. The molecule has 1 unspecified atom stereocenters. The minimum atomic E-state index is -0.857. The van der Waals surface area contributed by atoms with Crippen LogP contribution in [-0.4, -0.2) is 51.1 Å². The van der Waals surface area contributed by atoms with Crippen LogP contribution >= 0.6 is 11.8 Å². The van der Waals surface area contributed by atoms with E-state index in [0.717, 1.165) is 10.6 Å². The van der Waals surface area contributed by atoms with E-state index in [1.165, 1.54) is 16.7 Å². The highest BCUT2D eigenvalue weighted by Gasteiger charge is 2.31. The number of hydrogen-bond donors (Lipinski definition) is 2. The third kappa shape index (κ3) is 3.23. The van der Waals surface area contributed by atoms with Gasteiger partial charge in [0.05, 0.1) is 22.7 Å². The number of thioether (sulfide) groups is 1. The number of para-hydroxylation sites is 1. The summed E-state index contributed by atoms with van der Waals surface area (Å²) >= 11 is 1.49. The lowest BCUT2D eigenvalue weighted by atomic mass is 10.1. The third-order valence-electron chi connectivity index (χ3n) is 4.01. The van der Waals surface area contributed by atoms with Crippen molar-refractivity contribution in [1.82, 2.24) is 14.7 Å². The highest BCUT2D eigenvalue weighted by molar-refractivity contribution is 7.98. The lowest BCUT2D eigenvalue weighted by Crippen LogP contribution is -2.34. The van der Waals surface area contributed by atoms with Crippen molar-refractivity contribution in [3.05, 3.63) is 36.5 Å². The first-order valence-electron chi connectivity index (χ1n) is 7.56. The maximum atomic E-state index is 12.5. The number of carbonyl (C=O) groups excluding carboxylic acids is 1. The Morgan fingerprint density at radius 3 is 2.71 bits per heavy atom. The summed E-state index contributed by atoms with van der Waals surface area (Å²) < 4.78 is 1.68. The number of likely N-dealkylation sites (tertiary alicyclic amines) is 1. The Hall–Kier alpha value is -2.48. The first-order chi connectivity index (χ1) is 11.6. The van der Waals surface area contributed by atoms with Crippen LogP contribution in [-0.2, 0) is 4.79 Å². The van der Waals surface area contributed by atoms with Crippen molar-refractivity contribution in [3.8, 4) is 5.69 Å². The Morgan fingerprint density at radius 2 is 2.08 bits per heavy atom. The van der Waals surface area contributed by atoms with Gasteiger partial charge in [-0.2, -0.15) is 5.10 Å². The number of carboxylic acids is 1. The van der Waals surface area contributed by atoms with Gasteiger partial charge >= 0.3 is 12.0 Å². The van der Waals surface area contributed by atoms with E-state index in [1.54, 1.807) is 10.9 Å². The summed E-state index contributed by atoms with van der Waals surface area (Å²) in [5.41, 5.74) is 0.845. The molecule has 1 saturated heterocycles. The van der Waals surface area contributed by atoms with Crippen LogP contribution in [0.2, 0.25) is 0 Å². The number of nitrogens with one attached hydrogen (secondary N) is 1. The maximum absolute atomic E-state index is 12.5. The van der Waals surface area contributed by atoms with E-state index in [1.807, 2.05) is 36.6 Å². The van der Waals surface area contributed by atoms with E-state index in [2.05, 4.69) is 10.4 Å². The number of urea groups is 1. The first kappa shape index (κ1) is 16.4. The van der Waals surface area contributed by atoms with Crippen LogP contribution in [0.5, 0.6) is 0 Å². The van der Waals surface area contributed by atoms with Gasteiger partial charge in [0, 0.05) is 13.1 Å². The van der Waals surface area contributed by atoms with Crippen LogP contribution in [0.25, 0.3) is 5.69 Å². The quantitative estimate of drug-likeness (QED) is 0.831. The van der Waals surface area contributed by atoms with Crippen LogP contribution in [0, 0.1) is 5.92 Å². The Balaban J connectivity index is 1.81. The van der Waals surface area contributed by atoms with Gasteiger partial charge in [-0.15, -0.1) is 11.8 Å². The van der Waals surface area contributed by atoms with Gasteiger partial charge in [-0.05, 0) is 24.8 Å². The number of benzene rings is 1. The molecule has 126 valence electrons. The molecule has 0 saturated carbocycles. The second-order valence-corrected chi connectivity index (χ2v) is 6.36. The van der Waals surface area contributed by atoms with Gasteiger partial charge < -0.3 is 10.0 Å². The van der Waals surface area contributed by atoms with Crippen LogP contribution in [0.15, 0.2) is 41.4 Å². The lowest BCUT2D eigenvalue weighted by molar-refractivity contribution is -0.141. The Bertz CT molecular complexity index is 747. The van der Waals surface area contributed by atoms with E-state index >= 15 is 0 Å². The maximum Gasteiger partial charge on any atom is 0.323 e. The normalized spacial score (nSPS) is 17.0. The molecule has 3 rings (SSSR count).